The Kier molecular flexibility index (Phi) is 2.80. The molecule has 1 aliphatic carbocycles. The monoisotopic (exact) mass is 242 g/mol. The molecule has 0 radical (unpaired) electrons. The SMILES string of the molecule is CC1(C)C(/C=C(/Cl)C(F)(F)F)[C@H]1C(=O)O. The highest BCUT2D eigenvalue weighted by Crippen LogP contribution is 2.60. The van der Waals surface area contributed by atoms with E-state index < -0.39 is 34.4 Å². The third-order valence-electron chi connectivity index (χ3n) is 2.77. The Hall–Kier alpha value is -0.710. The number of hydrogen-bond donors (Lipinski definition) is 1. The molecule has 0 heterocycles. The molecule has 15 heavy (non-hydrogen) atoms. The van der Waals surface area contributed by atoms with Crippen molar-refractivity contribution in [3.8, 4) is 0 Å². The molecule has 0 aliphatic heterocycles. The fourth-order valence-electron chi connectivity index (χ4n) is 1.71. The Morgan fingerprint density at radius 2 is 1.93 bits per heavy atom. The summed E-state index contributed by atoms with van der Waals surface area (Å²) in [5, 5.41) is 7.48. The van der Waals surface area contributed by atoms with Crippen molar-refractivity contribution in [1.82, 2.24) is 0 Å². The molecule has 2 atom stereocenters. The summed E-state index contributed by atoms with van der Waals surface area (Å²) in [4.78, 5) is 10.7. The largest absolute Gasteiger partial charge is 0.481 e. The molecular formula is C9H10ClF3O2. The van der Waals surface area contributed by atoms with Crippen LogP contribution in [0.2, 0.25) is 0 Å². The predicted octanol–water partition coefficient (Wildman–Crippen LogP) is 3.03. The van der Waals surface area contributed by atoms with E-state index in [1.807, 2.05) is 0 Å². The molecule has 1 rings (SSSR count). The molecule has 86 valence electrons. The molecule has 2 nitrogen and oxygen atoms in total. The van der Waals surface area contributed by atoms with Crippen LogP contribution in [0.5, 0.6) is 0 Å². The van der Waals surface area contributed by atoms with E-state index in [4.69, 9.17) is 16.7 Å². The second kappa shape index (κ2) is 3.40. The average molecular weight is 243 g/mol. The smallest absolute Gasteiger partial charge is 0.426 e. The molecule has 0 aromatic carbocycles. The van der Waals surface area contributed by atoms with Gasteiger partial charge in [-0.05, 0) is 11.3 Å². The number of carboxylic acids is 1. The summed E-state index contributed by atoms with van der Waals surface area (Å²) in [5.74, 6) is -2.52. The van der Waals surface area contributed by atoms with E-state index in [0.29, 0.717) is 0 Å². The number of rotatable bonds is 2. The Balaban J connectivity index is 2.83. The minimum atomic E-state index is -4.59. The third kappa shape index (κ3) is 2.27. The van der Waals surface area contributed by atoms with Gasteiger partial charge in [-0.2, -0.15) is 13.2 Å². The summed E-state index contributed by atoms with van der Waals surface area (Å²) in [5.41, 5.74) is -0.656. The van der Waals surface area contributed by atoms with E-state index in [-0.39, 0.29) is 0 Å². The molecule has 6 heteroatoms. The quantitative estimate of drug-likeness (QED) is 0.808. The van der Waals surface area contributed by atoms with Gasteiger partial charge in [-0.15, -0.1) is 0 Å². The molecule has 1 fully saturated rings. The molecule has 0 saturated heterocycles. The second-order valence-corrected chi connectivity index (χ2v) is 4.58. The van der Waals surface area contributed by atoms with Crippen LogP contribution in [0.1, 0.15) is 13.8 Å². The maximum Gasteiger partial charge on any atom is 0.426 e. The van der Waals surface area contributed by atoms with E-state index >= 15 is 0 Å². The molecule has 0 amide bonds. The van der Waals surface area contributed by atoms with Gasteiger partial charge in [0.15, 0.2) is 0 Å². The van der Waals surface area contributed by atoms with E-state index in [1.165, 1.54) is 0 Å². The van der Waals surface area contributed by atoms with Crippen molar-refractivity contribution in [3.63, 3.8) is 0 Å². The van der Waals surface area contributed by atoms with Gasteiger partial charge < -0.3 is 5.11 Å². The summed E-state index contributed by atoms with van der Waals surface area (Å²) < 4.78 is 36.2. The fraction of sp³-hybridized carbons (Fsp3) is 0.667. The first-order valence-corrected chi connectivity index (χ1v) is 4.63. The van der Waals surface area contributed by atoms with Gasteiger partial charge in [-0.1, -0.05) is 31.5 Å². The normalized spacial score (nSPS) is 30.1. The van der Waals surface area contributed by atoms with Crippen LogP contribution in [0.25, 0.3) is 0 Å². The van der Waals surface area contributed by atoms with Crippen molar-refractivity contribution in [2.75, 3.05) is 0 Å². The van der Waals surface area contributed by atoms with E-state index in [2.05, 4.69) is 0 Å². The number of halogens is 4. The highest BCUT2D eigenvalue weighted by atomic mass is 35.5. The first-order chi connectivity index (χ1) is 6.58. The molecule has 1 unspecified atom stereocenters. The number of carboxylic acid groups (broad SMARTS) is 1. The van der Waals surface area contributed by atoms with Crippen molar-refractivity contribution in [2.24, 2.45) is 17.3 Å². The zero-order valence-electron chi connectivity index (χ0n) is 8.10. The van der Waals surface area contributed by atoms with E-state index in [1.54, 1.807) is 13.8 Å². The van der Waals surface area contributed by atoms with E-state index in [9.17, 15) is 18.0 Å². The molecule has 0 aromatic heterocycles. The molecule has 0 aromatic rings. The van der Waals surface area contributed by atoms with Crippen molar-refractivity contribution < 1.29 is 23.1 Å². The average Bonchev–Trinajstić information content (AvgIpc) is 2.50. The van der Waals surface area contributed by atoms with Gasteiger partial charge in [0.05, 0.1) is 5.92 Å². The molecule has 1 saturated carbocycles. The van der Waals surface area contributed by atoms with E-state index in [0.717, 1.165) is 6.08 Å². The Bertz CT molecular complexity index is 320. The number of carbonyl (C=O) groups is 1. The molecule has 0 spiro atoms. The van der Waals surface area contributed by atoms with Gasteiger partial charge in [0, 0.05) is 0 Å². The van der Waals surface area contributed by atoms with Crippen LogP contribution in [0.4, 0.5) is 13.2 Å². The summed E-state index contributed by atoms with van der Waals surface area (Å²) >= 11 is 5.03. The van der Waals surface area contributed by atoms with Crippen LogP contribution in [-0.2, 0) is 4.79 Å². The fourth-order valence-corrected chi connectivity index (χ4v) is 1.85. The van der Waals surface area contributed by atoms with Crippen LogP contribution in [0.3, 0.4) is 0 Å². The van der Waals surface area contributed by atoms with Crippen LogP contribution in [0.15, 0.2) is 11.1 Å². The van der Waals surface area contributed by atoms with Crippen molar-refractivity contribution in [3.05, 3.63) is 11.1 Å². The molecule has 0 bridgehead atoms. The lowest BCUT2D eigenvalue weighted by Gasteiger charge is -2.04. The van der Waals surface area contributed by atoms with Gasteiger partial charge in [0.1, 0.15) is 5.03 Å². The lowest BCUT2D eigenvalue weighted by atomic mass is 10.1. The Morgan fingerprint density at radius 1 is 1.47 bits per heavy atom. The molecular weight excluding hydrogens is 233 g/mol. The number of aliphatic carboxylic acids is 1. The first-order valence-electron chi connectivity index (χ1n) is 4.26. The maximum absolute atomic E-state index is 12.1. The molecule has 1 aliphatic rings. The Morgan fingerprint density at radius 3 is 2.20 bits per heavy atom. The highest BCUT2D eigenvalue weighted by molar-refractivity contribution is 6.30. The van der Waals surface area contributed by atoms with Crippen LogP contribution < -0.4 is 0 Å². The third-order valence-corrected chi connectivity index (χ3v) is 3.11. The highest BCUT2D eigenvalue weighted by Gasteiger charge is 2.61. The minimum Gasteiger partial charge on any atom is -0.481 e. The van der Waals surface area contributed by atoms with Gasteiger partial charge in [0.25, 0.3) is 0 Å². The zero-order valence-corrected chi connectivity index (χ0v) is 8.86. The topological polar surface area (TPSA) is 37.3 Å². The second-order valence-electron chi connectivity index (χ2n) is 4.18. The summed E-state index contributed by atoms with van der Waals surface area (Å²) in [6.07, 6.45) is -3.80. The number of alkyl halides is 3. The number of allylic oxidation sites excluding steroid dienone is 2. The van der Waals surface area contributed by atoms with Crippen molar-refractivity contribution >= 4 is 17.6 Å². The van der Waals surface area contributed by atoms with Gasteiger partial charge >= 0.3 is 12.1 Å². The van der Waals surface area contributed by atoms with Gasteiger partial charge in [0.2, 0.25) is 0 Å². The van der Waals surface area contributed by atoms with Crippen LogP contribution >= 0.6 is 11.6 Å². The predicted molar refractivity (Wildman–Crippen MR) is 48.4 cm³/mol. The summed E-state index contributed by atoms with van der Waals surface area (Å²) in [6.45, 7) is 3.21. The van der Waals surface area contributed by atoms with Crippen molar-refractivity contribution in [1.29, 1.82) is 0 Å². The molecule has 1 N–H and O–H groups in total. The summed E-state index contributed by atoms with van der Waals surface area (Å²) in [7, 11) is 0. The maximum atomic E-state index is 12.1. The zero-order chi connectivity index (χ0) is 12.0. The standard InChI is InChI=1S/C9H10ClF3O2/c1-8(2)4(6(8)7(14)15)3-5(10)9(11,12)13/h3-4,6H,1-2H3,(H,14,15)/b5-3+/t4?,6-/m0/s1. The lowest BCUT2D eigenvalue weighted by Crippen LogP contribution is -2.07. The van der Waals surface area contributed by atoms with Crippen LogP contribution in [0, 0.1) is 17.3 Å². The lowest BCUT2D eigenvalue weighted by molar-refractivity contribution is -0.139. The minimum absolute atomic E-state index is 0.649. The first kappa shape index (κ1) is 12.4. The van der Waals surface area contributed by atoms with Gasteiger partial charge in [-0.3, -0.25) is 4.79 Å². The summed E-state index contributed by atoms with van der Waals surface area (Å²) in [6, 6.07) is 0. The van der Waals surface area contributed by atoms with Crippen molar-refractivity contribution in [2.45, 2.75) is 20.0 Å². The van der Waals surface area contributed by atoms with Gasteiger partial charge in [-0.25, -0.2) is 0 Å². The number of hydrogen-bond acceptors (Lipinski definition) is 1. The van der Waals surface area contributed by atoms with Crippen LogP contribution in [-0.4, -0.2) is 17.3 Å². The Labute approximate surface area is 89.7 Å².